The van der Waals surface area contributed by atoms with Gasteiger partial charge in [-0.05, 0) is 12.1 Å². The van der Waals surface area contributed by atoms with Gasteiger partial charge < -0.3 is 15.4 Å². The van der Waals surface area contributed by atoms with Crippen LogP contribution in [0.25, 0.3) is 0 Å². The molecule has 98 valence electrons. The van der Waals surface area contributed by atoms with Crippen LogP contribution in [0.5, 0.6) is 5.75 Å². The molecule has 1 amide bonds. The summed E-state index contributed by atoms with van der Waals surface area (Å²) in [7, 11) is -0.894. The summed E-state index contributed by atoms with van der Waals surface area (Å²) in [6.45, 7) is 0.849. The van der Waals surface area contributed by atoms with Gasteiger partial charge in [0.2, 0.25) is 0 Å². The highest BCUT2D eigenvalue weighted by Gasteiger charge is 2.25. The number of benzene rings is 1. The van der Waals surface area contributed by atoms with Crippen LogP contribution < -0.4 is 15.4 Å². The lowest BCUT2D eigenvalue weighted by atomic mass is 10.2. The Morgan fingerprint density at radius 2 is 2.33 bits per heavy atom. The summed E-state index contributed by atoms with van der Waals surface area (Å²) in [5.41, 5.74) is 0.899. The van der Waals surface area contributed by atoms with Gasteiger partial charge in [-0.15, -0.1) is 0 Å². The number of rotatable bonds is 4. The van der Waals surface area contributed by atoms with E-state index in [1.807, 2.05) is 24.3 Å². The maximum atomic E-state index is 11.8. The summed E-state index contributed by atoms with van der Waals surface area (Å²) in [4.78, 5) is 11.8. The molecule has 18 heavy (non-hydrogen) atoms. The third-order valence-corrected chi connectivity index (χ3v) is 3.39. The van der Waals surface area contributed by atoms with Gasteiger partial charge in [-0.25, -0.2) is 0 Å². The first-order valence-electron chi connectivity index (χ1n) is 5.74. The third-order valence-electron chi connectivity index (χ3n) is 2.62. The van der Waals surface area contributed by atoms with Crippen molar-refractivity contribution in [2.45, 2.75) is 6.10 Å². The van der Waals surface area contributed by atoms with Gasteiger partial charge in [-0.2, -0.15) is 0 Å². The first-order valence-corrected chi connectivity index (χ1v) is 7.47. The van der Waals surface area contributed by atoms with Crippen LogP contribution in [-0.4, -0.2) is 41.3 Å². The number of fused-ring (bicyclic) bond motifs is 1. The predicted molar refractivity (Wildman–Crippen MR) is 71.3 cm³/mol. The van der Waals surface area contributed by atoms with Crippen molar-refractivity contribution in [2.75, 3.05) is 30.4 Å². The average Bonchev–Trinajstić information content (AvgIpc) is 2.37. The molecule has 2 atom stereocenters. The summed E-state index contributed by atoms with van der Waals surface area (Å²) in [5.74, 6) is 0.966. The highest BCUT2D eigenvalue weighted by Crippen LogP contribution is 2.27. The SMILES string of the molecule is CS(=O)CCNC(=O)C1CNc2ccccc2O1. The van der Waals surface area contributed by atoms with Gasteiger partial charge in [-0.3, -0.25) is 9.00 Å². The molecule has 0 aliphatic carbocycles. The predicted octanol–water partition coefficient (Wildman–Crippen LogP) is 0.354. The van der Waals surface area contributed by atoms with Gasteiger partial charge in [0, 0.05) is 29.4 Å². The largest absolute Gasteiger partial charge is 0.477 e. The lowest BCUT2D eigenvalue weighted by Gasteiger charge is -2.26. The van der Waals surface area contributed by atoms with Crippen LogP contribution in [0.4, 0.5) is 5.69 Å². The van der Waals surface area contributed by atoms with Gasteiger partial charge in [-0.1, -0.05) is 12.1 Å². The zero-order chi connectivity index (χ0) is 13.0. The second-order valence-corrected chi connectivity index (χ2v) is 5.61. The van der Waals surface area contributed by atoms with Gasteiger partial charge >= 0.3 is 0 Å². The Labute approximate surface area is 108 Å². The number of ether oxygens (including phenoxy) is 1. The van der Waals surface area contributed by atoms with Crippen molar-refractivity contribution < 1.29 is 13.7 Å². The smallest absolute Gasteiger partial charge is 0.262 e. The second kappa shape index (κ2) is 5.86. The summed E-state index contributed by atoms with van der Waals surface area (Å²) in [5, 5.41) is 5.86. The monoisotopic (exact) mass is 268 g/mol. The van der Waals surface area contributed by atoms with E-state index in [2.05, 4.69) is 10.6 Å². The lowest BCUT2D eigenvalue weighted by Crippen LogP contribution is -2.45. The number of para-hydroxylation sites is 2. The number of anilines is 1. The zero-order valence-electron chi connectivity index (χ0n) is 10.1. The molecular formula is C12H16N2O3S. The Morgan fingerprint density at radius 1 is 1.56 bits per heavy atom. The van der Waals surface area contributed by atoms with E-state index >= 15 is 0 Å². The van der Waals surface area contributed by atoms with E-state index in [4.69, 9.17) is 4.74 Å². The Bertz CT molecular complexity index is 464. The van der Waals surface area contributed by atoms with Crippen molar-refractivity contribution >= 4 is 22.4 Å². The van der Waals surface area contributed by atoms with E-state index in [0.717, 1.165) is 5.69 Å². The Hall–Kier alpha value is -1.56. The summed E-state index contributed by atoms with van der Waals surface area (Å²) in [6, 6.07) is 7.50. The molecule has 2 rings (SSSR count). The van der Waals surface area contributed by atoms with Gasteiger partial charge in [0.15, 0.2) is 6.10 Å². The Morgan fingerprint density at radius 3 is 3.11 bits per heavy atom. The fourth-order valence-corrected chi connectivity index (χ4v) is 2.08. The Kier molecular flexibility index (Phi) is 4.19. The van der Waals surface area contributed by atoms with Gasteiger partial charge in [0.1, 0.15) is 5.75 Å². The first-order chi connectivity index (χ1) is 8.66. The standard InChI is InChI=1S/C12H16N2O3S/c1-18(16)7-6-13-12(15)11-8-14-9-4-2-3-5-10(9)17-11/h2-5,11,14H,6-8H2,1H3,(H,13,15). The van der Waals surface area contributed by atoms with E-state index in [0.29, 0.717) is 24.6 Å². The van der Waals surface area contributed by atoms with Crippen molar-refractivity contribution in [1.29, 1.82) is 0 Å². The van der Waals surface area contributed by atoms with E-state index < -0.39 is 16.9 Å². The van der Waals surface area contributed by atoms with Crippen LogP contribution in [0.3, 0.4) is 0 Å². The molecule has 0 fully saturated rings. The van der Waals surface area contributed by atoms with Crippen molar-refractivity contribution in [3.8, 4) is 5.75 Å². The number of amides is 1. The second-order valence-electron chi connectivity index (χ2n) is 4.05. The fraction of sp³-hybridized carbons (Fsp3) is 0.417. The molecule has 1 aromatic rings. The van der Waals surface area contributed by atoms with Crippen molar-refractivity contribution in [2.24, 2.45) is 0 Å². The summed E-state index contributed by atoms with van der Waals surface area (Å²) < 4.78 is 16.5. The van der Waals surface area contributed by atoms with Crippen molar-refractivity contribution in [1.82, 2.24) is 5.32 Å². The summed E-state index contributed by atoms with van der Waals surface area (Å²) >= 11 is 0. The van der Waals surface area contributed by atoms with Crippen LogP contribution in [0.15, 0.2) is 24.3 Å². The van der Waals surface area contributed by atoms with Crippen molar-refractivity contribution in [3.63, 3.8) is 0 Å². The number of nitrogens with one attached hydrogen (secondary N) is 2. The molecule has 6 heteroatoms. The highest BCUT2D eigenvalue weighted by molar-refractivity contribution is 7.84. The van der Waals surface area contributed by atoms with Crippen LogP contribution >= 0.6 is 0 Å². The lowest BCUT2D eigenvalue weighted by molar-refractivity contribution is -0.127. The molecule has 0 aromatic heterocycles. The number of carbonyl (C=O) groups is 1. The highest BCUT2D eigenvalue weighted by atomic mass is 32.2. The third kappa shape index (κ3) is 3.22. The molecule has 1 aliphatic heterocycles. The molecule has 1 aromatic carbocycles. The quantitative estimate of drug-likeness (QED) is 0.827. The molecule has 2 N–H and O–H groups in total. The maximum absolute atomic E-state index is 11.8. The zero-order valence-corrected chi connectivity index (χ0v) is 11.0. The first kappa shape index (κ1) is 12.9. The number of hydrogen-bond acceptors (Lipinski definition) is 4. The minimum atomic E-state index is -0.894. The average molecular weight is 268 g/mol. The molecular weight excluding hydrogens is 252 g/mol. The molecule has 0 bridgehead atoms. The minimum absolute atomic E-state index is 0.178. The molecule has 2 unspecified atom stereocenters. The van der Waals surface area contributed by atoms with Crippen LogP contribution in [0.2, 0.25) is 0 Å². The molecule has 1 aliphatic rings. The fourth-order valence-electron chi connectivity index (χ4n) is 1.69. The van der Waals surface area contributed by atoms with Crippen LogP contribution in [0.1, 0.15) is 0 Å². The normalized spacial score (nSPS) is 19.1. The molecule has 1 heterocycles. The van der Waals surface area contributed by atoms with Crippen LogP contribution in [0, 0.1) is 0 Å². The minimum Gasteiger partial charge on any atom is -0.477 e. The van der Waals surface area contributed by atoms with Gasteiger partial charge in [0.25, 0.3) is 5.91 Å². The van der Waals surface area contributed by atoms with E-state index in [9.17, 15) is 9.00 Å². The molecule has 0 spiro atoms. The van der Waals surface area contributed by atoms with E-state index in [1.54, 1.807) is 6.26 Å². The topological polar surface area (TPSA) is 67.4 Å². The molecule has 5 nitrogen and oxygen atoms in total. The number of hydrogen-bond donors (Lipinski definition) is 2. The van der Waals surface area contributed by atoms with Gasteiger partial charge in [0.05, 0.1) is 12.2 Å². The van der Waals surface area contributed by atoms with E-state index in [1.165, 1.54) is 0 Å². The Balaban J connectivity index is 1.88. The van der Waals surface area contributed by atoms with Crippen molar-refractivity contribution in [3.05, 3.63) is 24.3 Å². The van der Waals surface area contributed by atoms with E-state index in [-0.39, 0.29) is 5.91 Å². The van der Waals surface area contributed by atoms with Crippen LogP contribution in [-0.2, 0) is 15.6 Å². The molecule has 0 saturated heterocycles. The molecule has 0 radical (unpaired) electrons. The molecule has 0 saturated carbocycles. The number of carbonyl (C=O) groups excluding carboxylic acids is 1. The summed E-state index contributed by atoms with van der Waals surface area (Å²) in [6.07, 6.45) is 1.08. The maximum Gasteiger partial charge on any atom is 0.262 e.